The van der Waals surface area contributed by atoms with Crippen molar-refractivity contribution in [2.75, 3.05) is 40.0 Å². The number of ether oxygens (including phenoxy) is 2. The molecule has 20 heavy (non-hydrogen) atoms. The molecule has 1 aliphatic carbocycles. The summed E-state index contributed by atoms with van der Waals surface area (Å²) in [5, 5.41) is 14.3. The SMILES string of the molecule is COCCOCCCCNC(=O)NCC1(C(=O)O)CC1. The van der Waals surface area contributed by atoms with Crippen LogP contribution in [-0.2, 0) is 14.3 Å². The normalized spacial score (nSPS) is 15.7. The van der Waals surface area contributed by atoms with E-state index in [2.05, 4.69) is 10.6 Å². The van der Waals surface area contributed by atoms with E-state index >= 15 is 0 Å². The summed E-state index contributed by atoms with van der Waals surface area (Å²) in [6.45, 7) is 2.58. The molecule has 0 aliphatic heterocycles. The van der Waals surface area contributed by atoms with Crippen LogP contribution in [0, 0.1) is 5.41 Å². The minimum absolute atomic E-state index is 0.203. The van der Waals surface area contributed by atoms with Crippen molar-refractivity contribution in [2.45, 2.75) is 25.7 Å². The van der Waals surface area contributed by atoms with Crippen molar-refractivity contribution >= 4 is 12.0 Å². The third kappa shape index (κ3) is 6.21. The highest BCUT2D eigenvalue weighted by Crippen LogP contribution is 2.45. The smallest absolute Gasteiger partial charge is 0.314 e. The Morgan fingerprint density at radius 3 is 2.50 bits per heavy atom. The Morgan fingerprint density at radius 1 is 1.15 bits per heavy atom. The Labute approximate surface area is 119 Å². The molecule has 1 saturated carbocycles. The summed E-state index contributed by atoms with van der Waals surface area (Å²) in [5.41, 5.74) is -0.716. The zero-order chi connectivity index (χ0) is 14.8. The number of hydrogen-bond donors (Lipinski definition) is 3. The van der Waals surface area contributed by atoms with Crippen LogP contribution >= 0.6 is 0 Å². The molecule has 0 heterocycles. The zero-order valence-corrected chi connectivity index (χ0v) is 11.9. The number of rotatable bonds is 11. The predicted molar refractivity (Wildman–Crippen MR) is 72.6 cm³/mol. The van der Waals surface area contributed by atoms with Gasteiger partial charge >= 0.3 is 12.0 Å². The fraction of sp³-hybridized carbons (Fsp3) is 0.846. The minimum Gasteiger partial charge on any atom is -0.481 e. The van der Waals surface area contributed by atoms with Gasteiger partial charge in [-0.05, 0) is 25.7 Å². The number of unbranched alkanes of at least 4 members (excludes halogenated alkanes) is 1. The monoisotopic (exact) mass is 288 g/mol. The number of carbonyl (C=O) groups is 2. The lowest BCUT2D eigenvalue weighted by molar-refractivity contribution is -0.143. The van der Waals surface area contributed by atoms with Crippen LogP contribution in [0.1, 0.15) is 25.7 Å². The summed E-state index contributed by atoms with van der Waals surface area (Å²) in [4.78, 5) is 22.4. The van der Waals surface area contributed by atoms with E-state index in [0.717, 1.165) is 12.8 Å². The highest BCUT2D eigenvalue weighted by Gasteiger charge is 2.50. The number of hydrogen-bond acceptors (Lipinski definition) is 4. The summed E-state index contributed by atoms with van der Waals surface area (Å²) in [6.07, 6.45) is 2.97. The van der Waals surface area contributed by atoms with Gasteiger partial charge in [-0.3, -0.25) is 4.79 Å². The van der Waals surface area contributed by atoms with Crippen LogP contribution in [0.4, 0.5) is 4.79 Å². The second-order valence-corrected chi connectivity index (χ2v) is 5.01. The number of urea groups is 1. The van der Waals surface area contributed by atoms with Crippen molar-refractivity contribution in [3.05, 3.63) is 0 Å². The van der Waals surface area contributed by atoms with E-state index in [1.165, 1.54) is 0 Å². The van der Waals surface area contributed by atoms with Gasteiger partial charge in [-0.15, -0.1) is 0 Å². The molecule has 3 N–H and O–H groups in total. The van der Waals surface area contributed by atoms with Gasteiger partial charge in [0.25, 0.3) is 0 Å². The standard InChI is InChI=1S/C13H24N2O5/c1-19-8-9-20-7-3-2-6-14-12(18)15-10-13(4-5-13)11(16)17/h2-10H2,1H3,(H,16,17)(H2,14,15,18). The molecule has 2 amide bonds. The van der Waals surface area contributed by atoms with Crippen molar-refractivity contribution in [2.24, 2.45) is 5.41 Å². The van der Waals surface area contributed by atoms with E-state index < -0.39 is 11.4 Å². The number of amides is 2. The summed E-state index contributed by atoms with van der Waals surface area (Å²) in [5.74, 6) is -0.828. The number of aliphatic carboxylic acids is 1. The Hall–Kier alpha value is -1.34. The van der Waals surface area contributed by atoms with Crippen molar-refractivity contribution in [1.82, 2.24) is 10.6 Å². The van der Waals surface area contributed by atoms with Crippen LogP contribution in [0.3, 0.4) is 0 Å². The van der Waals surface area contributed by atoms with Crippen LogP contribution < -0.4 is 10.6 Å². The lowest BCUT2D eigenvalue weighted by atomic mass is 10.1. The predicted octanol–water partition coefficient (Wildman–Crippen LogP) is 0.594. The quantitative estimate of drug-likeness (QED) is 0.484. The molecule has 116 valence electrons. The molecular weight excluding hydrogens is 264 g/mol. The first kappa shape index (κ1) is 16.7. The van der Waals surface area contributed by atoms with Crippen molar-refractivity contribution in [1.29, 1.82) is 0 Å². The second kappa shape index (κ2) is 8.76. The average Bonchev–Trinajstić information content (AvgIpc) is 3.21. The summed E-state index contributed by atoms with van der Waals surface area (Å²) < 4.78 is 10.1. The molecular formula is C13H24N2O5. The van der Waals surface area contributed by atoms with Gasteiger partial charge in [0.15, 0.2) is 0 Å². The third-order valence-corrected chi connectivity index (χ3v) is 3.33. The van der Waals surface area contributed by atoms with E-state index in [9.17, 15) is 9.59 Å². The molecule has 0 bridgehead atoms. The largest absolute Gasteiger partial charge is 0.481 e. The molecule has 1 fully saturated rings. The van der Waals surface area contributed by atoms with Crippen molar-refractivity contribution in [3.8, 4) is 0 Å². The molecule has 1 aliphatic rings. The molecule has 0 atom stereocenters. The minimum atomic E-state index is -0.828. The molecule has 0 aromatic carbocycles. The van der Waals surface area contributed by atoms with Gasteiger partial charge in [0.1, 0.15) is 0 Å². The van der Waals surface area contributed by atoms with Crippen LogP contribution in [0.25, 0.3) is 0 Å². The highest BCUT2D eigenvalue weighted by molar-refractivity contribution is 5.80. The van der Waals surface area contributed by atoms with Gasteiger partial charge in [0.05, 0.1) is 18.6 Å². The molecule has 0 aromatic heterocycles. The van der Waals surface area contributed by atoms with Crippen LogP contribution in [0.5, 0.6) is 0 Å². The first-order valence-corrected chi connectivity index (χ1v) is 6.92. The lowest BCUT2D eigenvalue weighted by Crippen LogP contribution is -2.41. The number of nitrogens with one attached hydrogen (secondary N) is 2. The molecule has 0 unspecified atom stereocenters. The maximum Gasteiger partial charge on any atom is 0.314 e. The van der Waals surface area contributed by atoms with E-state index in [4.69, 9.17) is 14.6 Å². The highest BCUT2D eigenvalue weighted by atomic mass is 16.5. The number of carboxylic acids is 1. The van der Waals surface area contributed by atoms with E-state index in [-0.39, 0.29) is 12.6 Å². The molecule has 0 aromatic rings. The summed E-state index contributed by atoms with van der Waals surface area (Å²) in [6, 6.07) is -0.308. The fourth-order valence-electron chi connectivity index (χ4n) is 1.70. The van der Waals surface area contributed by atoms with E-state index in [1.807, 2.05) is 0 Å². The van der Waals surface area contributed by atoms with Gasteiger partial charge in [0, 0.05) is 26.8 Å². The Balaban J connectivity index is 1.92. The zero-order valence-electron chi connectivity index (χ0n) is 11.9. The van der Waals surface area contributed by atoms with Gasteiger partial charge in [0.2, 0.25) is 0 Å². The summed E-state index contributed by atoms with van der Waals surface area (Å²) in [7, 11) is 1.63. The second-order valence-electron chi connectivity index (χ2n) is 5.01. The first-order valence-electron chi connectivity index (χ1n) is 6.92. The van der Waals surface area contributed by atoms with Crippen LogP contribution in [-0.4, -0.2) is 57.1 Å². The van der Waals surface area contributed by atoms with E-state index in [0.29, 0.717) is 39.2 Å². The van der Waals surface area contributed by atoms with Gasteiger partial charge < -0.3 is 25.2 Å². The molecule has 0 saturated heterocycles. The number of methoxy groups -OCH3 is 1. The maximum atomic E-state index is 11.5. The van der Waals surface area contributed by atoms with Crippen LogP contribution in [0.2, 0.25) is 0 Å². The molecule has 7 heteroatoms. The van der Waals surface area contributed by atoms with E-state index in [1.54, 1.807) is 7.11 Å². The maximum absolute atomic E-state index is 11.5. The van der Waals surface area contributed by atoms with Gasteiger partial charge in [-0.25, -0.2) is 4.79 Å². The van der Waals surface area contributed by atoms with Crippen LogP contribution in [0.15, 0.2) is 0 Å². The molecule has 0 radical (unpaired) electrons. The number of carbonyl (C=O) groups excluding carboxylic acids is 1. The average molecular weight is 288 g/mol. The fourth-order valence-corrected chi connectivity index (χ4v) is 1.70. The summed E-state index contributed by atoms with van der Waals surface area (Å²) >= 11 is 0. The third-order valence-electron chi connectivity index (χ3n) is 3.33. The van der Waals surface area contributed by atoms with Gasteiger partial charge in [-0.1, -0.05) is 0 Å². The van der Waals surface area contributed by atoms with Crippen molar-refractivity contribution < 1.29 is 24.2 Å². The molecule has 7 nitrogen and oxygen atoms in total. The number of carboxylic acid groups (broad SMARTS) is 1. The Morgan fingerprint density at radius 2 is 1.90 bits per heavy atom. The van der Waals surface area contributed by atoms with Crippen molar-refractivity contribution in [3.63, 3.8) is 0 Å². The van der Waals surface area contributed by atoms with Gasteiger partial charge in [-0.2, -0.15) is 0 Å². The Kier molecular flexibility index (Phi) is 7.32. The topological polar surface area (TPSA) is 96.9 Å². The Bertz CT molecular complexity index is 318. The molecule has 0 spiro atoms. The lowest BCUT2D eigenvalue weighted by Gasteiger charge is -2.12. The first-order chi connectivity index (χ1) is 9.60. The molecule has 1 rings (SSSR count).